The molecule has 6 rings (SSSR count). The van der Waals surface area contributed by atoms with Gasteiger partial charge in [-0.05, 0) is 63.3 Å². The molecule has 0 aliphatic rings. The smallest absolute Gasteiger partial charge is 0.540 e. The molecule has 0 atom stereocenters. The average Bonchev–Trinajstić information content (AvgIpc) is 3.11. The van der Waals surface area contributed by atoms with Crippen molar-refractivity contribution < 1.29 is 40.0 Å². The number of benzene rings is 4. The van der Waals surface area contributed by atoms with Crippen LogP contribution in [0.3, 0.4) is 0 Å². The van der Waals surface area contributed by atoms with E-state index in [1.165, 1.54) is 33.4 Å². The molecule has 0 N–H and O–H groups in total. The Morgan fingerprint density at radius 2 is 0.857 bits per heavy atom. The SMILES string of the molecule is COc1ccnc(-c2[c-]cc(-c3c(C)cccc3C)cc2OC)c1.COc1ccnc(-c2[c-]cc(-c3c(C)cccc3C)cc2OC)c1.[Pt+2]. The molecule has 0 bridgehead atoms. The van der Waals surface area contributed by atoms with E-state index < -0.39 is 0 Å². The quantitative estimate of drug-likeness (QED) is 0.143. The zero-order valence-corrected chi connectivity index (χ0v) is 31.4. The van der Waals surface area contributed by atoms with Crippen molar-refractivity contribution in [2.75, 3.05) is 28.4 Å². The first kappa shape index (κ1) is 36.9. The number of pyridine rings is 2. The van der Waals surface area contributed by atoms with Gasteiger partial charge in [-0.25, -0.2) is 0 Å². The predicted molar refractivity (Wildman–Crippen MR) is 193 cm³/mol. The monoisotopic (exact) mass is 831 g/mol. The number of hydrogen-bond donors (Lipinski definition) is 0. The maximum Gasteiger partial charge on any atom is 2.00 e. The maximum absolute atomic E-state index is 5.60. The molecule has 0 saturated carbocycles. The van der Waals surface area contributed by atoms with Crippen LogP contribution in [0.2, 0.25) is 0 Å². The van der Waals surface area contributed by atoms with Gasteiger partial charge < -0.3 is 28.9 Å². The van der Waals surface area contributed by atoms with Crippen LogP contribution in [-0.2, 0) is 21.1 Å². The number of nitrogens with zero attached hydrogens (tertiary/aromatic N) is 2. The van der Waals surface area contributed by atoms with E-state index in [-0.39, 0.29) is 21.1 Å². The van der Waals surface area contributed by atoms with Crippen molar-refractivity contribution in [1.82, 2.24) is 9.97 Å². The molecular weight excluding hydrogens is 792 g/mol. The zero-order valence-electron chi connectivity index (χ0n) is 29.1. The van der Waals surface area contributed by atoms with E-state index >= 15 is 0 Å². The van der Waals surface area contributed by atoms with Crippen LogP contribution in [0.15, 0.2) is 97.3 Å². The van der Waals surface area contributed by atoms with Crippen molar-refractivity contribution in [3.8, 4) is 67.8 Å². The van der Waals surface area contributed by atoms with Crippen molar-refractivity contribution in [2.24, 2.45) is 0 Å². The van der Waals surface area contributed by atoms with E-state index in [0.717, 1.165) is 56.6 Å². The van der Waals surface area contributed by atoms with Crippen molar-refractivity contribution in [3.63, 3.8) is 0 Å². The Kier molecular flexibility index (Phi) is 12.8. The Morgan fingerprint density at radius 1 is 0.490 bits per heavy atom. The molecule has 0 saturated heterocycles. The van der Waals surface area contributed by atoms with Crippen LogP contribution in [-0.4, -0.2) is 38.4 Å². The van der Waals surface area contributed by atoms with Crippen LogP contribution in [0.1, 0.15) is 22.3 Å². The molecule has 2 aromatic heterocycles. The fraction of sp³-hybridized carbons (Fsp3) is 0.190. The maximum atomic E-state index is 5.60. The molecule has 0 radical (unpaired) electrons. The predicted octanol–water partition coefficient (Wildman–Crippen LogP) is 9.70. The van der Waals surface area contributed by atoms with Crippen LogP contribution in [0.25, 0.3) is 44.8 Å². The molecule has 0 aliphatic heterocycles. The summed E-state index contributed by atoms with van der Waals surface area (Å²) in [6, 6.07) is 34.8. The second-order valence-electron chi connectivity index (χ2n) is 11.4. The third-order valence-electron chi connectivity index (χ3n) is 8.24. The molecule has 0 fully saturated rings. The van der Waals surface area contributed by atoms with Crippen molar-refractivity contribution >= 4 is 0 Å². The van der Waals surface area contributed by atoms with Gasteiger partial charge in [0.05, 0.1) is 28.4 Å². The first-order valence-corrected chi connectivity index (χ1v) is 15.6. The van der Waals surface area contributed by atoms with E-state index in [0.29, 0.717) is 0 Å². The topological polar surface area (TPSA) is 62.7 Å². The van der Waals surface area contributed by atoms with Crippen molar-refractivity contribution in [1.29, 1.82) is 0 Å². The first-order valence-electron chi connectivity index (χ1n) is 15.6. The summed E-state index contributed by atoms with van der Waals surface area (Å²) in [7, 11) is 6.62. The van der Waals surface area contributed by atoms with Crippen molar-refractivity contribution in [2.45, 2.75) is 27.7 Å². The summed E-state index contributed by atoms with van der Waals surface area (Å²) in [5.41, 5.74) is 12.8. The third-order valence-corrected chi connectivity index (χ3v) is 8.24. The Morgan fingerprint density at radius 3 is 1.18 bits per heavy atom. The molecule has 7 heteroatoms. The number of hydrogen-bond acceptors (Lipinski definition) is 6. The van der Waals surface area contributed by atoms with Crippen LogP contribution >= 0.6 is 0 Å². The molecule has 0 unspecified atom stereocenters. The van der Waals surface area contributed by atoms with E-state index in [9.17, 15) is 0 Å². The Hall–Kier alpha value is -4.93. The van der Waals surface area contributed by atoms with Gasteiger partial charge in [0.1, 0.15) is 11.5 Å². The van der Waals surface area contributed by atoms with Crippen molar-refractivity contribution in [3.05, 3.63) is 132 Å². The van der Waals surface area contributed by atoms with Gasteiger partial charge in [0.15, 0.2) is 0 Å². The minimum absolute atomic E-state index is 0. The standard InChI is InChI=1S/2C21H20NO2.Pt/c2*1-14-6-5-7-15(2)21(14)16-8-9-18(20(12-16)24-4)19-13-17(23-3)10-11-22-19;/h2*5-8,10-13H,1-4H3;/q2*-1;+2. The summed E-state index contributed by atoms with van der Waals surface area (Å²) < 4.78 is 21.8. The third kappa shape index (κ3) is 8.39. The van der Waals surface area contributed by atoms with E-state index in [1.807, 2.05) is 48.5 Å². The minimum Gasteiger partial charge on any atom is -0.540 e. The molecule has 6 aromatic rings. The van der Waals surface area contributed by atoms with Crippen LogP contribution in [0.4, 0.5) is 0 Å². The molecule has 0 amide bonds. The zero-order chi connectivity index (χ0) is 34.2. The first-order chi connectivity index (χ1) is 23.3. The van der Waals surface area contributed by atoms with Gasteiger partial charge in [0, 0.05) is 23.9 Å². The second-order valence-corrected chi connectivity index (χ2v) is 11.4. The van der Waals surface area contributed by atoms with Crippen LogP contribution in [0.5, 0.6) is 23.0 Å². The van der Waals surface area contributed by atoms with Gasteiger partial charge in [-0.15, -0.1) is 24.3 Å². The number of methoxy groups -OCH3 is 4. The van der Waals surface area contributed by atoms with Gasteiger partial charge in [0.2, 0.25) is 0 Å². The molecule has 49 heavy (non-hydrogen) atoms. The van der Waals surface area contributed by atoms with Gasteiger partial charge in [0.25, 0.3) is 0 Å². The molecule has 6 nitrogen and oxygen atoms in total. The molecule has 2 heterocycles. The summed E-state index contributed by atoms with van der Waals surface area (Å²) in [6.45, 7) is 8.47. The normalized spacial score (nSPS) is 10.3. The summed E-state index contributed by atoms with van der Waals surface area (Å²) >= 11 is 0. The molecule has 4 aromatic carbocycles. The molecule has 0 spiro atoms. The van der Waals surface area contributed by atoms with E-state index in [4.69, 9.17) is 18.9 Å². The summed E-state index contributed by atoms with van der Waals surface area (Å²) in [6.07, 6.45) is 3.45. The van der Waals surface area contributed by atoms with Gasteiger partial charge in [-0.1, -0.05) is 104 Å². The van der Waals surface area contributed by atoms with E-state index in [2.05, 4.69) is 86.2 Å². The van der Waals surface area contributed by atoms with Crippen LogP contribution < -0.4 is 18.9 Å². The Labute approximate surface area is 304 Å². The number of rotatable bonds is 8. The average molecular weight is 832 g/mol. The number of aryl methyl sites for hydroxylation is 4. The minimum atomic E-state index is 0. The largest absolute Gasteiger partial charge is 2.00 e. The van der Waals surface area contributed by atoms with Gasteiger partial charge in [-0.2, -0.15) is 0 Å². The number of aromatic nitrogens is 2. The van der Waals surface area contributed by atoms with E-state index in [1.54, 1.807) is 40.8 Å². The van der Waals surface area contributed by atoms with Crippen LogP contribution in [0, 0.1) is 39.8 Å². The molecule has 0 aliphatic carbocycles. The molecular formula is C42H40N2O4Pt. The van der Waals surface area contributed by atoms with Gasteiger partial charge in [-0.3, -0.25) is 0 Å². The number of ether oxygens (including phenoxy) is 4. The Balaban J connectivity index is 0.000000216. The summed E-state index contributed by atoms with van der Waals surface area (Å²) in [5, 5.41) is 0. The second kappa shape index (κ2) is 16.9. The summed E-state index contributed by atoms with van der Waals surface area (Å²) in [4.78, 5) is 8.82. The Bertz CT molecular complexity index is 1860. The fourth-order valence-corrected chi connectivity index (χ4v) is 5.85. The fourth-order valence-electron chi connectivity index (χ4n) is 5.85. The van der Waals surface area contributed by atoms with Gasteiger partial charge >= 0.3 is 21.1 Å². The summed E-state index contributed by atoms with van der Waals surface area (Å²) in [5.74, 6) is 3.01. The molecule has 252 valence electrons.